The number of aromatic nitrogens is 1. The van der Waals surface area contributed by atoms with Crippen molar-refractivity contribution in [3.63, 3.8) is 0 Å². The second kappa shape index (κ2) is 10.2. The molecule has 2 aromatic rings. The monoisotopic (exact) mass is 317 g/mol. The second-order valence-electron chi connectivity index (χ2n) is 4.88. The number of pyridine rings is 1. The molecule has 3 N–H and O–H groups in total. The third-order valence-electron chi connectivity index (χ3n) is 3.02. The Bertz CT molecular complexity index is 654. The highest BCUT2D eigenvalue weighted by atomic mass is 16.5. The van der Waals surface area contributed by atoms with Gasteiger partial charge in [-0.1, -0.05) is 30.3 Å². The van der Waals surface area contributed by atoms with E-state index in [1.165, 1.54) is 4.57 Å². The first kappa shape index (κ1) is 18.4. The van der Waals surface area contributed by atoms with E-state index in [1.807, 2.05) is 43.3 Å². The van der Waals surface area contributed by atoms with Crippen molar-refractivity contribution in [2.45, 2.75) is 13.5 Å². The van der Waals surface area contributed by atoms with Crippen LogP contribution in [0.25, 0.3) is 0 Å². The third kappa shape index (κ3) is 6.36. The number of rotatable bonds is 6. The van der Waals surface area contributed by atoms with Gasteiger partial charge in [0.2, 0.25) is 6.41 Å². The SMILES string of the molecule is Cc1ccn(C)c(=O)c1OCc1ccccc1.NCCNC=O. The van der Waals surface area contributed by atoms with E-state index in [2.05, 4.69) is 5.32 Å². The Morgan fingerprint density at radius 1 is 1.26 bits per heavy atom. The summed E-state index contributed by atoms with van der Waals surface area (Å²) >= 11 is 0. The number of carbonyl (C=O) groups excluding carboxylic acids is 1. The summed E-state index contributed by atoms with van der Waals surface area (Å²) in [7, 11) is 1.72. The fraction of sp³-hybridized carbons (Fsp3) is 0.294. The first-order valence-electron chi connectivity index (χ1n) is 7.30. The molecule has 0 aliphatic heterocycles. The van der Waals surface area contributed by atoms with Gasteiger partial charge in [-0.05, 0) is 24.1 Å². The van der Waals surface area contributed by atoms with Crippen LogP contribution in [0.4, 0.5) is 0 Å². The van der Waals surface area contributed by atoms with Gasteiger partial charge >= 0.3 is 0 Å². The fourth-order valence-corrected chi connectivity index (χ4v) is 1.74. The summed E-state index contributed by atoms with van der Waals surface area (Å²) in [6.45, 7) is 3.38. The standard InChI is InChI=1S/C14H15NO2.C3H8N2O/c1-11-8-9-15(2)14(16)13(11)17-10-12-6-4-3-5-7-12;4-1-2-5-3-6/h3-9H,10H2,1-2H3;3H,1-2,4H2,(H,5,6). The molecule has 6 nitrogen and oxygen atoms in total. The fourth-order valence-electron chi connectivity index (χ4n) is 1.74. The number of nitrogens with two attached hydrogens (primary N) is 1. The number of amides is 1. The first-order valence-corrected chi connectivity index (χ1v) is 7.30. The number of nitrogens with zero attached hydrogens (tertiary/aromatic N) is 1. The van der Waals surface area contributed by atoms with Crippen molar-refractivity contribution < 1.29 is 9.53 Å². The topological polar surface area (TPSA) is 86.3 Å². The van der Waals surface area contributed by atoms with Crippen LogP contribution in [0.3, 0.4) is 0 Å². The van der Waals surface area contributed by atoms with Gasteiger partial charge in [0.25, 0.3) is 5.56 Å². The lowest BCUT2D eigenvalue weighted by atomic mass is 10.2. The zero-order valence-corrected chi connectivity index (χ0v) is 13.5. The predicted octanol–water partition coefficient (Wildman–Crippen LogP) is 0.964. The first-order chi connectivity index (χ1) is 11.1. The van der Waals surface area contributed by atoms with Crippen molar-refractivity contribution in [2.24, 2.45) is 12.8 Å². The number of carbonyl (C=O) groups is 1. The maximum atomic E-state index is 11.8. The van der Waals surface area contributed by atoms with E-state index < -0.39 is 0 Å². The maximum Gasteiger partial charge on any atom is 0.292 e. The third-order valence-corrected chi connectivity index (χ3v) is 3.02. The van der Waals surface area contributed by atoms with E-state index in [-0.39, 0.29) is 5.56 Å². The number of aryl methyl sites for hydroxylation is 2. The molecular weight excluding hydrogens is 294 g/mol. The Hall–Kier alpha value is -2.60. The van der Waals surface area contributed by atoms with E-state index in [4.69, 9.17) is 10.5 Å². The van der Waals surface area contributed by atoms with Gasteiger partial charge in [0.05, 0.1) is 0 Å². The number of hydrogen-bond acceptors (Lipinski definition) is 4. The number of benzene rings is 1. The Kier molecular flexibility index (Phi) is 8.17. The summed E-state index contributed by atoms with van der Waals surface area (Å²) in [5.74, 6) is 0.429. The van der Waals surface area contributed by atoms with Gasteiger partial charge in [0.15, 0.2) is 5.75 Å². The molecule has 2 rings (SSSR count). The molecule has 0 spiro atoms. The van der Waals surface area contributed by atoms with Crippen molar-refractivity contribution in [1.29, 1.82) is 0 Å². The van der Waals surface area contributed by atoms with E-state index in [0.29, 0.717) is 31.9 Å². The highest BCUT2D eigenvalue weighted by Crippen LogP contribution is 2.12. The number of nitrogens with one attached hydrogen (secondary N) is 1. The molecule has 0 fully saturated rings. The quantitative estimate of drug-likeness (QED) is 0.614. The normalized spacial score (nSPS) is 9.52. The molecule has 0 saturated heterocycles. The molecule has 0 radical (unpaired) electrons. The van der Waals surface area contributed by atoms with Crippen LogP contribution in [0.5, 0.6) is 5.75 Å². The lowest BCUT2D eigenvalue weighted by Gasteiger charge is -2.09. The van der Waals surface area contributed by atoms with Crippen molar-refractivity contribution in [3.05, 3.63) is 64.1 Å². The van der Waals surface area contributed by atoms with E-state index in [9.17, 15) is 9.59 Å². The van der Waals surface area contributed by atoms with Gasteiger partial charge in [0, 0.05) is 26.3 Å². The molecule has 1 aromatic carbocycles. The highest BCUT2D eigenvalue weighted by Gasteiger charge is 2.06. The molecule has 124 valence electrons. The molecule has 0 aliphatic rings. The molecule has 0 unspecified atom stereocenters. The number of hydrogen-bond donors (Lipinski definition) is 2. The average Bonchev–Trinajstić information content (AvgIpc) is 2.58. The van der Waals surface area contributed by atoms with Gasteiger partial charge in [-0.2, -0.15) is 0 Å². The smallest absolute Gasteiger partial charge is 0.292 e. The minimum absolute atomic E-state index is 0.0964. The molecule has 0 saturated carbocycles. The molecular formula is C17H23N3O3. The highest BCUT2D eigenvalue weighted by molar-refractivity contribution is 5.45. The minimum Gasteiger partial charge on any atom is -0.483 e. The second-order valence-corrected chi connectivity index (χ2v) is 4.88. The summed E-state index contributed by atoms with van der Waals surface area (Å²) < 4.78 is 7.12. The van der Waals surface area contributed by atoms with Crippen molar-refractivity contribution in [1.82, 2.24) is 9.88 Å². The molecule has 0 bridgehead atoms. The van der Waals surface area contributed by atoms with E-state index in [1.54, 1.807) is 13.2 Å². The van der Waals surface area contributed by atoms with Crippen LogP contribution in [0.2, 0.25) is 0 Å². The summed E-state index contributed by atoms with van der Waals surface area (Å²) in [6.07, 6.45) is 2.37. The summed E-state index contributed by atoms with van der Waals surface area (Å²) in [5.41, 5.74) is 6.82. The van der Waals surface area contributed by atoms with Crippen LogP contribution in [0.15, 0.2) is 47.4 Å². The Morgan fingerprint density at radius 2 is 1.96 bits per heavy atom. The number of ether oxygens (including phenoxy) is 1. The van der Waals surface area contributed by atoms with Crippen LogP contribution < -0.4 is 21.3 Å². The minimum atomic E-state index is -0.0964. The van der Waals surface area contributed by atoms with Gasteiger partial charge < -0.3 is 20.4 Å². The van der Waals surface area contributed by atoms with Gasteiger partial charge in [-0.15, -0.1) is 0 Å². The molecule has 6 heteroatoms. The van der Waals surface area contributed by atoms with Gasteiger partial charge in [-0.3, -0.25) is 9.59 Å². The summed E-state index contributed by atoms with van der Waals surface area (Å²) in [6, 6.07) is 11.7. The molecule has 0 atom stereocenters. The molecule has 1 heterocycles. The van der Waals surface area contributed by atoms with Gasteiger partial charge in [-0.25, -0.2) is 0 Å². The molecule has 1 amide bonds. The van der Waals surface area contributed by atoms with Crippen LogP contribution in [0, 0.1) is 6.92 Å². The predicted molar refractivity (Wildman–Crippen MR) is 90.3 cm³/mol. The van der Waals surface area contributed by atoms with Crippen LogP contribution in [-0.2, 0) is 18.4 Å². The van der Waals surface area contributed by atoms with Crippen molar-refractivity contribution in [3.8, 4) is 5.75 Å². The maximum absolute atomic E-state index is 11.8. The van der Waals surface area contributed by atoms with E-state index in [0.717, 1.165) is 11.1 Å². The largest absolute Gasteiger partial charge is 0.483 e. The van der Waals surface area contributed by atoms with Crippen LogP contribution >= 0.6 is 0 Å². The molecule has 1 aromatic heterocycles. The van der Waals surface area contributed by atoms with E-state index >= 15 is 0 Å². The Balaban J connectivity index is 0.000000379. The lowest BCUT2D eigenvalue weighted by Crippen LogP contribution is -2.20. The zero-order valence-electron chi connectivity index (χ0n) is 13.5. The summed E-state index contributed by atoms with van der Waals surface area (Å²) in [4.78, 5) is 21.2. The Morgan fingerprint density at radius 3 is 2.52 bits per heavy atom. The Labute approximate surface area is 135 Å². The van der Waals surface area contributed by atoms with Crippen LogP contribution in [0.1, 0.15) is 11.1 Å². The van der Waals surface area contributed by atoms with Gasteiger partial charge in [0.1, 0.15) is 6.61 Å². The lowest BCUT2D eigenvalue weighted by molar-refractivity contribution is -0.109. The molecule has 0 aliphatic carbocycles. The van der Waals surface area contributed by atoms with Crippen molar-refractivity contribution >= 4 is 6.41 Å². The zero-order chi connectivity index (χ0) is 17.1. The average molecular weight is 317 g/mol. The van der Waals surface area contributed by atoms with Crippen molar-refractivity contribution in [2.75, 3.05) is 13.1 Å². The molecule has 23 heavy (non-hydrogen) atoms. The summed E-state index contributed by atoms with van der Waals surface area (Å²) in [5, 5.41) is 2.39. The van der Waals surface area contributed by atoms with Crippen LogP contribution in [-0.4, -0.2) is 24.1 Å².